The monoisotopic (exact) mass is 176 g/mol. The Morgan fingerprint density at radius 2 is 2.00 bits per heavy atom. The highest BCUT2D eigenvalue weighted by atomic mass is 16.4. The van der Waals surface area contributed by atoms with Gasteiger partial charge < -0.3 is 5.11 Å². The summed E-state index contributed by atoms with van der Waals surface area (Å²) in [5.41, 5.74) is 1.02. The molecule has 1 aromatic rings. The van der Waals surface area contributed by atoms with E-state index in [-0.39, 0.29) is 0 Å². The molecule has 0 unspecified atom stereocenters. The second-order valence-corrected chi connectivity index (χ2v) is 2.90. The fourth-order valence-electron chi connectivity index (χ4n) is 0.902. The molecule has 0 aromatic heterocycles. The van der Waals surface area contributed by atoms with Gasteiger partial charge in [-0.25, -0.2) is 0 Å². The first-order valence-corrected chi connectivity index (χ1v) is 4.16. The molecule has 0 bridgehead atoms. The molecule has 0 heterocycles. The number of aliphatic carboxylic acids is 1. The minimum atomic E-state index is -0.799. The molecule has 13 heavy (non-hydrogen) atoms. The lowest BCUT2D eigenvalue weighted by molar-refractivity contribution is -0.139. The third-order valence-corrected chi connectivity index (χ3v) is 1.77. The van der Waals surface area contributed by atoms with Crippen molar-refractivity contribution < 1.29 is 9.90 Å². The normalized spacial score (nSPS) is 13.0. The molecule has 0 radical (unpaired) electrons. The Kier molecular flexibility index (Phi) is 3.26. The third-order valence-electron chi connectivity index (χ3n) is 1.77. The highest BCUT2D eigenvalue weighted by Crippen LogP contribution is 2.05. The summed E-state index contributed by atoms with van der Waals surface area (Å²) >= 11 is 0. The number of carboxylic acid groups (broad SMARTS) is 1. The van der Waals surface area contributed by atoms with Gasteiger partial charge in [-0.05, 0) is 12.5 Å². The molecule has 1 atom stereocenters. The molecule has 0 fully saturated rings. The summed E-state index contributed by atoms with van der Waals surface area (Å²) in [4.78, 5) is 10.5. The van der Waals surface area contributed by atoms with E-state index in [4.69, 9.17) is 5.11 Å². The maximum atomic E-state index is 10.5. The van der Waals surface area contributed by atoms with Crippen molar-refractivity contribution in [1.82, 2.24) is 0 Å². The van der Waals surface area contributed by atoms with Crippen LogP contribution in [0.25, 0.3) is 6.08 Å². The van der Waals surface area contributed by atoms with Crippen LogP contribution in [0.5, 0.6) is 0 Å². The summed E-state index contributed by atoms with van der Waals surface area (Å²) in [5.74, 6) is -1.23. The van der Waals surface area contributed by atoms with Crippen LogP contribution in [0.15, 0.2) is 36.4 Å². The van der Waals surface area contributed by atoms with Gasteiger partial charge in [0.2, 0.25) is 0 Å². The Morgan fingerprint density at radius 3 is 2.54 bits per heavy atom. The topological polar surface area (TPSA) is 37.3 Å². The van der Waals surface area contributed by atoms with Gasteiger partial charge >= 0.3 is 5.97 Å². The quantitative estimate of drug-likeness (QED) is 0.767. The van der Waals surface area contributed by atoms with Gasteiger partial charge in [0.1, 0.15) is 0 Å². The van der Waals surface area contributed by atoms with Crippen LogP contribution in [-0.2, 0) is 4.79 Å². The number of carbonyl (C=O) groups is 1. The molecule has 0 spiro atoms. The lowest BCUT2D eigenvalue weighted by Gasteiger charge is -1.97. The standard InChI is InChI=1S/C11H12O2/c1-9(11(12)13)7-8-10-5-3-2-4-6-10/h2-9H,1H3,(H,12,13)/b8-7+/t9-/m0/s1. The zero-order chi connectivity index (χ0) is 9.68. The number of carboxylic acids is 1. The van der Waals surface area contributed by atoms with E-state index in [1.165, 1.54) is 0 Å². The molecule has 0 amide bonds. The summed E-state index contributed by atoms with van der Waals surface area (Å²) in [7, 11) is 0. The Bertz CT molecular complexity index is 301. The summed E-state index contributed by atoms with van der Waals surface area (Å²) in [6.45, 7) is 1.65. The SMILES string of the molecule is C[C@@H](/C=C/c1ccccc1)C(=O)O. The van der Waals surface area contributed by atoms with Crippen LogP contribution in [-0.4, -0.2) is 11.1 Å². The predicted molar refractivity (Wildman–Crippen MR) is 52.3 cm³/mol. The predicted octanol–water partition coefficient (Wildman–Crippen LogP) is 2.42. The molecule has 0 aliphatic rings. The van der Waals surface area contributed by atoms with Crippen molar-refractivity contribution in [3.63, 3.8) is 0 Å². The van der Waals surface area contributed by atoms with E-state index in [0.29, 0.717) is 0 Å². The smallest absolute Gasteiger partial charge is 0.310 e. The average Bonchev–Trinajstić information content (AvgIpc) is 2.15. The van der Waals surface area contributed by atoms with Crippen LogP contribution in [0.2, 0.25) is 0 Å². The Morgan fingerprint density at radius 1 is 1.38 bits per heavy atom. The van der Waals surface area contributed by atoms with E-state index < -0.39 is 11.9 Å². The maximum absolute atomic E-state index is 10.5. The van der Waals surface area contributed by atoms with Crippen molar-refractivity contribution in [2.45, 2.75) is 6.92 Å². The molecule has 0 aliphatic carbocycles. The van der Waals surface area contributed by atoms with Crippen molar-refractivity contribution in [3.8, 4) is 0 Å². The summed E-state index contributed by atoms with van der Waals surface area (Å²) in [5, 5.41) is 8.61. The highest BCUT2D eigenvalue weighted by molar-refractivity contribution is 5.73. The Hall–Kier alpha value is -1.57. The zero-order valence-corrected chi connectivity index (χ0v) is 7.47. The molecule has 2 heteroatoms. The highest BCUT2D eigenvalue weighted by Gasteiger charge is 2.04. The average molecular weight is 176 g/mol. The maximum Gasteiger partial charge on any atom is 0.310 e. The van der Waals surface area contributed by atoms with Gasteiger partial charge in [-0.2, -0.15) is 0 Å². The molecule has 0 saturated heterocycles. The first-order chi connectivity index (χ1) is 6.20. The molecular formula is C11H12O2. The second kappa shape index (κ2) is 4.45. The minimum Gasteiger partial charge on any atom is -0.481 e. The van der Waals surface area contributed by atoms with Crippen LogP contribution in [0.1, 0.15) is 12.5 Å². The fraction of sp³-hybridized carbons (Fsp3) is 0.182. The molecule has 68 valence electrons. The van der Waals surface area contributed by atoms with Crippen LogP contribution >= 0.6 is 0 Å². The number of benzene rings is 1. The van der Waals surface area contributed by atoms with Gasteiger partial charge in [0.25, 0.3) is 0 Å². The van der Waals surface area contributed by atoms with E-state index in [0.717, 1.165) is 5.56 Å². The van der Waals surface area contributed by atoms with Gasteiger partial charge in [0.05, 0.1) is 5.92 Å². The van der Waals surface area contributed by atoms with E-state index in [1.54, 1.807) is 13.0 Å². The van der Waals surface area contributed by atoms with Crippen molar-refractivity contribution in [2.75, 3.05) is 0 Å². The van der Waals surface area contributed by atoms with Gasteiger partial charge in [-0.3, -0.25) is 4.79 Å². The molecule has 1 aromatic carbocycles. The Labute approximate surface area is 77.5 Å². The lowest BCUT2D eigenvalue weighted by Crippen LogP contribution is -2.05. The molecule has 0 aliphatic heterocycles. The molecule has 1 N–H and O–H groups in total. The number of rotatable bonds is 3. The van der Waals surface area contributed by atoms with Gasteiger partial charge in [-0.15, -0.1) is 0 Å². The van der Waals surface area contributed by atoms with Crippen molar-refractivity contribution in [2.24, 2.45) is 5.92 Å². The first-order valence-electron chi connectivity index (χ1n) is 4.16. The zero-order valence-electron chi connectivity index (χ0n) is 7.47. The number of hydrogen-bond donors (Lipinski definition) is 1. The van der Waals surface area contributed by atoms with Gasteiger partial charge in [0, 0.05) is 0 Å². The van der Waals surface area contributed by atoms with Crippen LogP contribution in [0.3, 0.4) is 0 Å². The fourth-order valence-corrected chi connectivity index (χ4v) is 0.902. The van der Waals surface area contributed by atoms with Crippen LogP contribution in [0.4, 0.5) is 0 Å². The van der Waals surface area contributed by atoms with E-state index >= 15 is 0 Å². The van der Waals surface area contributed by atoms with Crippen LogP contribution in [0, 0.1) is 5.92 Å². The Balaban J connectivity index is 2.64. The van der Waals surface area contributed by atoms with E-state index in [9.17, 15) is 4.79 Å². The lowest BCUT2D eigenvalue weighted by atomic mass is 10.1. The summed E-state index contributed by atoms with van der Waals surface area (Å²) in [6.07, 6.45) is 3.50. The van der Waals surface area contributed by atoms with Crippen molar-refractivity contribution >= 4 is 12.0 Å². The molecule has 0 saturated carbocycles. The van der Waals surface area contributed by atoms with Gasteiger partial charge in [-0.1, -0.05) is 42.5 Å². The number of hydrogen-bond acceptors (Lipinski definition) is 1. The van der Waals surface area contributed by atoms with Gasteiger partial charge in [0.15, 0.2) is 0 Å². The van der Waals surface area contributed by atoms with Crippen molar-refractivity contribution in [1.29, 1.82) is 0 Å². The van der Waals surface area contributed by atoms with E-state index in [1.807, 2.05) is 36.4 Å². The van der Waals surface area contributed by atoms with E-state index in [2.05, 4.69) is 0 Å². The van der Waals surface area contributed by atoms with Crippen LogP contribution < -0.4 is 0 Å². The molecule has 1 rings (SSSR count). The first kappa shape index (κ1) is 9.52. The second-order valence-electron chi connectivity index (χ2n) is 2.90. The molecule has 2 nitrogen and oxygen atoms in total. The summed E-state index contributed by atoms with van der Waals surface area (Å²) < 4.78 is 0. The molecular weight excluding hydrogens is 164 g/mol. The third kappa shape index (κ3) is 3.11. The summed E-state index contributed by atoms with van der Waals surface area (Å²) in [6, 6.07) is 9.64. The minimum absolute atomic E-state index is 0.430. The largest absolute Gasteiger partial charge is 0.481 e. The van der Waals surface area contributed by atoms with Crippen molar-refractivity contribution in [3.05, 3.63) is 42.0 Å².